The van der Waals surface area contributed by atoms with Crippen molar-refractivity contribution in [2.24, 2.45) is 7.05 Å². The molecule has 21 heavy (non-hydrogen) atoms. The highest BCUT2D eigenvalue weighted by atomic mass is 35.5. The Bertz CT molecular complexity index is 745. The van der Waals surface area contributed by atoms with Gasteiger partial charge in [-0.05, 0) is 19.8 Å². The van der Waals surface area contributed by atoms with Crippen molar-refractivity contribution in [2.75, 3.05) is 6.54 Å². The summed E-state index contributed by atoms with van der Waals surface area (Å²) in [4.78, 5) is 27.6. The van der Waals surface area contributed by atoms with Crippen molar-refractivity contribution in [1.29, 1.82) is 0 Å². The van der Waals surface area contributed by atoms with Crippen LogP contribution >= 0.6 is 11.6 Å². The zero-order chi connectivity index (χ0) is 15.1. The molecule has 0 saturated carbocycles. The summed E-state index contributed by atoms with van der Waals surface area (Å²) >= 11 is 6.30. The van der Waals surface area contributed by atoms with Crippen molar-refractivity contribution in [2.45, 2.75) is 25.8 Å². The molecule has 2 N–H and O–H groups in total. The summed E-state index contributed by atoms with van der Waals surface area (Å²) in [5.41, 5.74) is 1.18. The number of nitrogens with zero attached hydrogens (tertiary/aromatic N) is 4. The first-order valence-electron chi connectivity index (χ1n) is 6.63. The van der Waals surface area contributed by atoms with Crippen LogP contribution in [0.25, 0.3) is 0 Å². The van der Waals surface area contributed by atoms with Gasteiger partial charge in [-0.25, -0.2) is 9.89 Å². The fourth-order valence-electron chi connectivity index (χ4n) is 2.84. The number of carbonyl (C=O) groups is 1. The number of likely N-dealkylation sites (tertiary alicyclic amines) is 1. The fourth-order valence-corrected chi connectivity index (χ4v) is 3.14. The Labute approximate surface area is 125 Å². The van der Waals surface area contributed by atoms with E-state index in [1.165, 1.54) is 0 Å². The third-order valence-corrected chi connectivity index (χ3v) is 4.20. The molecule has 112 valence electrons. The van der Waals surface area contributed by atoms with Gasteiger partial charge >= 0.3 is 5.69 Å². The molecule has 0 unspecified atom stereocenters. The van der Waals surface area contributed by atoms with Gasteiger partial charge in [0.05, 0.1) is 11.7 Å². The van der Waals surface area contributed by atoms with E-state index in [0.29, 0.717) is 11.7 Å². The lowest BCUT2D eigenvalue weighted by Crippen LogP contribution is -2.32. The van der Waals surface area contributed by atoms with E-state index in [1.54, 1.807) is 16.6 Å². The lowest BCUT2D eigenvalue weighted by atomic mass is 10.1. The van der Waals surface area contributed by atoms with Gasteiger partial charge in [-0.15, -0.1) is 5.10 Å². The molecule has 1 aliphatic rings. The van der Waals surface area contributed by atoms with Crippen molar-refractivity contribution in [3.8, 4) is 0 Å². The largest absolute Gasteiger partial charge is 0.341 e. The van der Waals surface area contributed by atoms with E-state index in [-0.39, 0.29) is 17.8 Å². The van der Waals surface area contributed by atoms with E-state index in [9.17, 15) is 9.59 Å². The predicted octanol–water partition coefficient (Wildman–Crippen LogP) is 0.771. The van der Waals surface area contributed by atoms with Gasteiger partial charge in [0.1, 0.15) is 5.15 Å². The fraction of sp³-hybridized carbons (Fsp3) is 0.500. The molecule has 1 atom stereocenters. The van der Waals surface area contributed by atoms with Crippen LogP contribution in [-0.2, 0) is 7.05 Å². The summed E-state index contributed by atoms with van der Waals surface area (Å²) in [6.07, 6.45) is 1.68. The molecule has 8 nitrogen and oxygen atoms in total. The first-order valence-corrected chi connectivity index (χ1v) is 7.01. The van der Waals surface area contributed by atoms with Crippen LogP contribution in [0.3, 0.4) is 0 Å². The average Bonchev–Trinajstić information content (AvgIpc) is 3.11. The summed E-state index contributed by atoms with van der Waals surface area (Å²) < 4.78 is 1.60. The van der Waals surface area contributed by atoms with Crippen molar-refractivity contribution >= 4 is 17.5 Å². The van der Waals surface area contributed by atoms with E-state index >= 15 is 0 Å². The van der Waals surface area contributed by atoms with Crippen LogP contribution in [0.15, 0.2) is 4.79 Å². The smallest absolute Gasteiger partial charge is 0.329 e. The van der Waals surface area contributed by atoms with Crippen molar-refractivity contribution in [3.63, 3.8) is 0 Å². The highest BCUT2D eigenvalue weighted by Crippen LogP contribution is 2.37. The zero-order valence-electron chi connectivity index (χ0n) is 11.7. The van der Waals surface area contributed by atoms with Crippen LogP contribution in [0.1, 0.15) is 40.8 Å². The van der Waals surface area contributed by atoms with Gasteiger partial charge in [-0.1, -0.05) is 11.6 Å². The maximum absolute atomic E-state index is 12.5. The monoisotopic (exact) mass is 310 g/mol. The minimum atomic E-state index is -0.496. The van der Waals surface area contributed by atoms with Gasteiger partial charge < -0.3 is 4.90 Å². The van der Waals surface area contributed by atoms with Crippen molar-refractivity contribution < 1.29 is 4.79 Å². The van der Waals surface area contributed by atoms with Crippen LogP contribution in [0.4, 0.5) is 0 Å². The molecule has 2 aromatic heterocycles. The maximum Gasteiger partial charge on any atom is 0.341 e. The molecule has 2 aromatic rings. The highest BCUT2D eigenvalue weighted by Gasteiger charge is 2.35. The van der Waals surface area contributed by atoms with Gasteiger partial charge in [0, 0.05) is 19.2 Å². The second-order valence-corrected chi connectivity index (χ2v) is 5.45. The SMILES string of the molecule is Cc1nn(C)c(Cl)c1[C@@H]1CCCN1C(=O)c1n[nH]c(=O)[nH]1. The van der Waals surface area contributed by atoms with Gasteiger partial charge in [0.2, 0.25) is 5.82 Å². The molecule has 0 spiro atoms. The van der Waals surface area contributed by atoms with Crippen LogP contribution in [0.5, 0.6) is 0 Å². The molecule has 0 radical (unpaired) electrons. The highest BCUT2D eigenvalue weighted by molar-refractivity contribution is 6.30. The molecule has 9 heteroatoms. The second-order valence-electron chi connectivity index (χ2n) is 5.10. The first kappa shape index (κ1) is 13.9. The summed E-state index contributed by atoms with van der Waals surface area (Å²) in [6, 6.07) is -0.140. The summed E-state index contributed by atoms with van der Waals surface area (Å²) in [7, 11) is 1.77. The average molecular weight is 311 g/mol. The third kappa shape index (κ3) is 2.25. The van der Waals surface area contributed by atoms with Crippen LogP contribution in [0.2, 0.25) is 5.15 Å². The Morgan fingerprint density at radius 3 is 2.81 bits per heavy atom. The molecule has 0 aromatic carbocycles. The Morgan fingerprint density at radius 2 is 2.24 bits per heavy atom. The Morgan fingerprint density at radius 1 is 1.48 bits per heavy atom. The molecule has 1 fully saturated rings. The topological polar surface area (TPSA) is 99.7 Å². The zero-order valence-corrected chi connectivity index (χ0v) is 12.4. The molecule has 3 heterocycles. The predicted molar refractivity (Wildman–Crippen MR) is 75.2 cm³/mol. The number of amides is 1. The summed E-state index contributed by atoms with van der Waals surface area (Å²) in [5, 5.41) is 10.7. The number of carbonyl (C=O) groups excluding carboxylic acids is 1. The summed E-state index contributed by atoms with van der Waals surface area (Å²) in [5.74, 6) is -0.292. The van der Waals surface area contributed by atoms with Gasteiger partial charge in [0.15, 0.2) is 0 Å². The first-order chi connectivity index (χ1) is 9.99. The van der Waals surface area contributed by atoms with E-state index in [1.807, 2.05) is 6.92 Å². The number of nitrogens with one attached hydrogen (secondary N) is 2. The van der Waals surface area contributed by atoms with Gasteiger partial charge in [-0.3, -0.25) is 14.5 Å². The van der Waals surface area contributed by atoms with Crippen molar-refractivity contribution in [3.05, 3.63) is 32.7 Å². The molecule has 0 aliphatic carbocycles. The standard InChI is InChI=1S/C12H15ClN6O2/c1-6-8(9(13)18(2)17-6)7-4-3-5-19(7)11(20)10-14-12(21)16-15-10/h7H,3-5H2,1-2H3,(H2,14,15,16,21)/t7-/m0/s1. The molecule has 3 rings (SSSR count). The normalized spacial score (nSPS) is 18.4. The number of aromatic amines is 2. The minimum Gasteiger partial charge on any atom is -0.329 e. The number of aryl methyl sites for hydroxylation is 2. The minimum absolute atomic E-state index is 0.0181. The van der Waals surface area contributed by atoms with E-state index in [0.717, 1.165) is 24.1 Å². The molecule has 1 aliphatic heterocycles. The summed E-state index contributed by atoms with van der Waals surface area (Å²) in [6.45, 7) is 2.47. The number of aromatic nitrogens is 5. The van der Waals surface area contributed by atoms with E-state index in [4.69, 9.17) is 11.6 Å². The van der Waals surface area contributed by atoms with Gasteiger partial charge in [-0.2, -0.15) is 5.10 Å². The number of hydrogen-bond donors (Lipinski definition) is 2. The van der Waals surface area contributed by atoms with Crippen LogP contribution in [0, 0.1) is 6.92 Å². The Balaban J connectivity index is 1.96. The van der Waals surface area contributed by atoms with E-state index < -0.39 is 5.69 Å². The lowest BCUT2D eigenvalue weighted by molar-refractivity contribution is 0.0723. The molecule has 1 saturated heterocycles. The number of H-pyrrole nitrogens is 2. The quantitative estimate of drug-likeness (QED) is 0.855. The second kappa shape index (κ2) is 5.03. The molecule has 0 bridgehead atoms. The van der Waals surface area contributed by atoms with Crippen molar-refractivity contribution in [1.82, 2.24) is 29.9 Å². The Hall–Kier alpha value is -2.09. The van der Waals surface area contributed by atoms with Gasteiger partial charge in [0.25, 0.3) is 5.91 Å². The molecular formula is C12H15ClN6O2. The number of halogens is 1. The Kier molecular flexibility index (Phi) is 3.32. The van der Waals surface area contributed by atoms with Crippen LogP contribution < -0.4 is 5.69 Å². The molecule has 1 amide bonds. The lowest BCUT2D eigenvalue weighted by Gasteiger charge is -2.23. The number of hydrogen-bond acceptors (Lipinski definition) is 4. The maximum atomic E-state index is 12.5. The third-order valence-electron chi connectivity index (χ3n) is 3.75. The molecular weight excluding hydrogens is 296 g/mol. The van der Waals surface area contributed by atoms with E-state index in [2.05, 4.69) is 20.3 Å². The van der Waals surface area contributed by atoms with Crippen LogP contribution in [-0.4, -0.2) is 42.3 Å². The number of rotatable bonds is 2.